The molecule has 0 amide bonds. The second kappa shape index (κ2) is 3.18. The zero-order valence-electron chi connectivity index (χ0n) is 8.90. The normalized spacial score (nSPS) is 14.3. The van der Waals surface area contributed by atoms with Crippen LogP contribution in [0.2, 0.25) is 0 Å². The molecular formula is C9H12N6S. The highest BCUT2D eigenvalue weighted by molar-refractivity contribution is 7.71. The fraction of sp³-hybridized carbons (Fsp3) is 0.444. The molecule has 16 heavy (non-hydrogen) atoms. The van der Waals surface area contributed by atoms with Crippen LogP contribution in [0.4, 0.5) is 0 Å². The number of aryl methyl sites for hydroxylation is 1. The number of hydrogen-bond acceptors (Lipinski definition) is 4. The van der Waals surface area contributed by atoms with Crippen LogP contribution in [0.25, 0.3) is 5.95 Å². The van der Waals surface area contributed by atoms with Crippen molar-refractivity contribution in [1.29, 1.82) is 0 Å². The third-order valence-corrected chi connectivity index (χ3v) is 3.29. The molecule has 2 aromatic rings. The number of nitrogens with zero attached hydrogens (tertiary/aromatic N) is 4. The maximum atomic E-state index is 5.80. The lowest BCUT2D eigenvalue weighted by Gasteiger charge is -2.02. The number of aromatic nitrogens is 5. The van der Waals surface area contributed by atoms with E-state index >= 15 is 0 Å². The molecule has 0 fully saturated rings. The van der Waals surface area contributed by atoms with Crippen molar-refractivity contribution in [3.05, 3.63) is 21.7 Å². The first kappa shape index (κ1) is 9.59. The molecule has 3 N–H and O–H groups in total. The van der Waals surface area contributed by atoms with Gasteiger partial charge in [-0.15, -0.1) is 5.10 Å². The van der Waals surface area contributed by atoms with Crippen molar-refractivity contribution in [3.63, 3.8) is 0 Å². The van der Waals surface area contributed by atoms with Crippen LogP contribution >= 0.6 is 12.2 Å². The Labute approximate surface area is 97.0 Å². The van der Waals surface area contributed by atoms with E-state index in [1.54, 1.807) is 4.68 Å². The number of aromatic amines is 1. The Hall–Kier alpha value is -1.63. The predicted octanol–water partition coefficient (Wildman–Crippen LogP) is 0.637. The first-order valence-corrected chi connectivity index (χ1v) is 5.59. The van der Waals surface area contributed by atoms with Gasteiger partial charge in [0.15, 0.2) is 0 Å². The molecule has 0 atom stereocenters. The van der Waals surface area contributed by atoms with E-state index < -0.39 is 0 Å². The molecule has 0 radical (unpaired) electrons. The zero-order chi connectivity index (χ0) is 11.3. The number of rotatable bonds is 1. The molecule has 3 rings (SSSR count). The third kappa shape index (κ3) is 1.15. The molecule has 0 bridgehead atoms. The second-order valence-corrected chi connectivity index (χ2v) is 4.36. The maximum absolute atomic E-state index is 5.80. The van der Waals surface area contributed by atoms with Crippen molar-refractivity contribution in [2.45, 2.75) is 26.2 Å². The van der Waals surface area contributed by atoms with E-state index in [4.69, 9.17) is 18.1 Å². The number of nitrogens with one attached hydrogen (secondary N) is 1. The van der Waals surface area contributed by atoms with Crippen LogP contribution in [-0.2, 0) is 12.8 Å². The molecule has 1 aliphatic rings. The van der Waals surface area contributed by atoms with Gasteiger partial charge in [-0.3, -0.25) is 0 Å². The molecule has 2 aromatic heterocycles. The lowest BCUT2D eigenvalue weighted by molar-refractivity contribution is 0.713. The van der Waals surface area contributed by atoms with Crippen molar-refractivity contribution in [3.8, 4) is 5.95 Å². The molecule has 0 unspecified atom stereocenters. The predicted molar refractivity (Wildman–Crippen MR) is 61.4 cm³/mol. The van der Waals surface area contributed by atoms with E-state index in [1.807, 2.05) is 6.92 Å². The van der Waals surface area contributed by atoms with Gasteiger partial charge in [-0.05, 0) is 44.0 Å². The van der Waals surface area contributed by atoms with Gasteiger partial charge in [-0.2, -0.15) is 9.77 Å². The molecule has 84 valence electrons. The summed E-state index contributed by atoms with van der Waals surface area (Å²) in [6.07, 6.45) is 3.29. The van der Waals surface area contributed by atoms with Crippen LogP contribution in [-0.4, -0.2) is 24.7 Å². The summed E-state index contributed by atoms with van der Waals surface area (Å²) in [4.78, 5) is 0. The molecule has 0 saturated carbocycles. The molecule has 0 spiro atoms. The number of H-pyrrole nitrogens is 1. The van der Waals surface area contributed by atoms with E-state index in [-0.39, 0.29) is 0 Å². The Morgan fingerprint density at radius 2 is 2.25 bits per heavy atom. The van der Waals surface area contributed by atoms with Gasteiger partial charge in [-0.1, -0.05) is 0 Å². The minimum atomic E-state index is 0.398. The van der Waals surface area contributed by atoms with E-state index in [1.165, 1.54) is 22.4 Å². The summed E-state index contributed by atoms with van der Waals surface area (Å²) in [6, 6.07) is 0. The van der Waals surface area contributed by atoms with E-state index in [0.29, 0.717) is 10.7 Å². The standard InChI is InChI=1S/C9H12N6S/c1-5-6-3-2-4-7(6)15(13-5)8-11-12-9(16)14(8)10/h2-4,10H2,1H3,(H,12,16). The van der Waals surface area contributed by atoms with Crippen molar-refractivity contribution in [2.24, 2.45) is 0 Å². The van der Waals surface area contributed by atoms with Gasteiger partial charge in [0.05, 0.1) is 11.4 Å². The summed E-state index contributed by atoms with van der Waals surface area (Å²) in [5, 5.41) is 11.2. The highest BCUT2D eigenvalue weighted by Crippen LogP contribution is 2.26. The number of nitrogens with two attached hydrogens (primary N) is 1. The number of nitrogen functional groups attached to an aromatic ring is 1. The fourth-order valence-corrected chi connectivity index (χ4v) is 2.36. The summed E-state index contributed by atoms with van der Waals surface area (Å²) >= 11 is 4.99. The minimum absolute atomic E-state index is 0.398. The lowest BCUT2D eigenvalue weighted by Crippen LogP contribution is -2.16. The van der Waals surface area contributed by atoms with Crippen LogP contribution in [0.15, 0.2) is 0 Å². The Bertz CT molecular complexity index is 604. The molecular weight excluding hydrogens is 224 g/mol. The summed E-state index contributed by atoms with van der Waals surface area (Å²) < 4.78 is 3.54. The van der Waals surface area contributed by atoms with E-state index in [2.05, 4.69) is 15.3 Å². The molecule has 0 aliphatic heterocycles. The average Bonchev–Trinajstić information content (AvgIpc) is 2.90. The Morgan fingerprint density at radius 3 is 2.94 bits per heavy atom. The van der Waals surface area contributed by atoms with E-state index in [0.717, 1.165) is 18.5 Å². The van der Waals surface area contributed by atoms with Gasteiger partial charge in [0.1, 0.15) is 0 Å². The van der Waals surface area contributed by atoms with Gasteiger partial charge in [0.25, 0.3) is 5.95 Å². The van der Waals surface area contributed by atoms with Gasteiger partial charge >= 0.3 is 0 Å². The molecule has 2 heterocycles. The topological polar surface area (TPSA) is 77.5 Å². The van der Waals surface area contributed by atoms with E-state index in [9.17, 15) is 0 Å². The quantitative estimate of drug-likeness (QED) is 0.562. The zero-order valence-corrected chi connectivity index (χ0v) is 9.71. The largest absolute Gasteiger partial charge is 0.334 e. The summed E-state index contributed by atoms with van der Waals surface area (Å²) in [5.41, 5.74) is 3.59. The molecule has 7 heteroatoms. The number of hydrogen-bond donors (Lipinski definition) is 2. The van der Waals surface area contributed by atoms with Crippen molar-refractivity contribution in [2.75, 3.05) is 5.84 Å². The third-order valence-electron chi connectivity index (χ3n) is 3.01. The van der Waals surface area contributed by atoms with Crippen LogP contribution in [0.1, 0.15) is 23.4 Å². The van der Waals surface area contributed by atoms with Gasteiger partial charge in [0, 0.05) is 0 Å². The molecule has 1 aliphatic carbocycles. The highest BCUT2D eigenvalue weighted by atomic mass is 32.1. The van der Waals surface area contributed by atoms with Gasteiger partial charge in [-0.25, -0.2) is 9.78 Å². The summed E-state index contributed by atoms with van der Waals surface area (Å²) in [6.45, 7) is 2.02. The summed E-state index contributed by atoms with van der Waals surface area (Å²) in [5.74, 6) is 6.35. The van der Waals surface area contributed by atoms with Gasteiger partial charge in [0.2, 0.25) is 4.77 Å². The molecule has 0 saturated heterocycles. The highest BCUT2D eigenvalue weighted by Gasteiger charge is 2.23. The SMILES string of the molecule is Cc1nn(-c2n[nH]c(=S)n2N)c2c1CCC2. The van der Waals surface area contributed by atoms with Crippen LogP contribution in [0, 0.1) is 11.7 Å². The molecule has 0 aromatic carbocycles. The Kier molecular flexibility index (Phi) is 1.90. The fourth-order valence-electron chi connectivity index (χ4n) is 2.23. The van der Waals surface area contributed by atoms with Crippen molar-refractivity contribution in [1.82, 2.24) is 24.7 Å². The number of fused-ring (bicyclic) bond motifs is 1. The average molecular weight is 236 g/mol. The second-order valence-electron chi connectivity index (χ2n) is 3.97. The Morgan fingerprint density at radius 1 is 1.44 bits per heavy atom. The first-order valence-electron chi connectivity index (χ1n) is 5.18. The first-order chi connectivity index (χ1) is 7.68. The monoisotopic (exact) mass is 236 g/mol. The molecule has 6 nitrogen and oxygen atoms in total. The van der Waals surface area contributed by atoms with Crippen molar-refractivity contribution < 1.29 is 0 Å². The minimum Gasteiger partial charge on any atom is -0.334 e. The lowest BCUT2D eigenvalue weighted by atomic mass is 10.2. The van der Waals surface area contributed by atoms with Crippen molar-refractivity contribution >= 4 is 12.2 Å². The van der Waals surface area contributed by atoms with Gasteiger partial charge < -0.3 is 5.84 Å². The summed E-state index contributed by atoms with van der Waals surface area (Å²) in [7, 11) is 0. The maximum Gasteiger partial charge on any atom is 0.269 e. The van der Waals surface area contributed by atoms with Crippen LogP contribution < -0.4 is 5.84 Å². The van der Waals surface area contributed by atoms with Crippen LogP contribution in [0.3, 0.4) is 0 Å². The smallest absolute Gasteiger partial charge is 0.269 e. The van der Waals surface area contributed by atoms with Crippen LogP contribution in [0.5, 0.6) is 0 Å². The Balaban J connectivity index is 2.25.